The molecule has 4 nitrogen and oxygen atoms in total. The highest BCUT2D eigenvalue weighted by atomic mass is 79.9. The van der Waals surface area contributed by atoms with Gasteiger partial charge in [-0.1, -0.05) is 35.3 Å². The number of hydrogen-bond acceptors (Lipinski definition) is 3. The molecule has 0 radical (unpaired) electrons. The molecule has 3 rings (SSSR count). The minimum atomic E-state index is -0.487. The second kappa shape index (κ2) is 6.07. The molecular weight excluding hydrogens is 403 g/mol. The molecule has 0 saturated heterocycles. The fourth-order valence-electron chi connectivity index (χ4n) is 2.30. The molecule has 1 aromatic carbocycles. The van der Waals surface area contributed by atoms with Crippen LogP contribution >= 0.6 is 39.1 Å². The number of fused-ring (bicyclic) bond motifs is 1. The van der Waals surface area contributed by atoms with Crippen LogP contribution in [-0.4, -0.2) is 15.2 Å². The zero-order valence-electron chi connectivity index (χ0n) is 11.8. The summed E-state index contributed by atoms with van der Waals surface area (Å²) in [6, 6.07) is 9.00. The van der Waals surface area contributed by atoms with Gasteiger partial charge in [0.15, 0.2) is 5.78 Å². The van der Waals surface area contributed by atoms with Gasteiger partial charge in [-0.2, -0.15) is 0 Å². The van der Waals surface area contributed by atoms with E-state index in [0.29, 0.717) is 10.7 Å². The maximum Gasteiger partial charge on any atom is 0.270 e. The molecule has 2 aromatic heterocycles. The van der Waals surface area contributed by atoms with Crippen LogP contribution in [0.15, 0.2) is 45.8 Å². The summed E-state index contributed by atoms with van der Waals surface area (Å²) < 4.78 is 2.06. The van der Waals surface area contributed by atoms with Crippen LogP contribution in [0.3, 0.4) is 0 Å². The summed E-state index contributed by atoms with van der Waals surface area (Å²) in [5.74, 6) is -0.416. The van der Waals surface area contributed by atoms with Gasteiger partial charge in [0, 0.05) is 16.2 Å². The van der Waals surface area contributed by atoms with Gasteiger partial charge in [-0.05, 0) is 46.6 Å². The summed E-state index contributed by atoms with van der Waals surface area (Å²) >= 11 is 15.7. The summed E-state index contributed by atoms with van der Waals surface area (Å²) in [5, 5.41) is 0.464. The highest BCUT2D eigenvalue weighted by molar-refractivity contribution is 9.10. The van der Waals surface area contributed by atoms with E-state index in [0.717, 1.165) is 15.6 Å². The van der Waals surface area contributed by atoms with E-state index in [1.807, 2.05) is 18.2 Å². The third-order valence-electron chi connectivity index (χ3n) is 3.40. The Morgan fingerprint density at radius 2 is 2.00 bits per heavy atom. The zero-order valence-corrected chi connectivity index (χ0v) is 14.9. The largest absolute Gasteiger partial charge is 0.294 e. The highest BCUT2D eigenvalue weighted by Crippen LogP contribution is 2.33. The van der Waals surface area contributed by atoms with Crippen LogP contribution in [0.2, 0.25) is 10.2 Å². The van der Waals surface area contributed by atoms with Crippen molar-refractivity contribution >= 4 is 50.6 Å². The van der Waals surface area contributed by atoms with E-state index < -0.39 is 11.3 Å². The molecule has 7 heteroatoms. The number of halogens is 3. The summed E-state index contributed by atoms with van der Waals surface area (Å²) in [4.78, 5) is 28.0. The minimum absolute atomic E-state index is 0.0972. The molecule has 0 saturated carbocycles. The number of Topliss-reactive ketones (excluding diaryl/α,β-unsaturated/α-hetero) is 1. The van der Waals surface area contributed by atoms with Crippen molar-refractivity contribution in [1.82, 2.24) is 9.38 Å². The van der Waals surface area contributed by atoms with Gasteiger partial charge in [0.25, 0.3) is 5.56 Å². The van der Waals surface area contributed by atoms with Gasteiger partial charge in [0.05, 0.1) is 5.02 Å². The Hall–Kier alpha value is -1.69. The predicted molar refractivity (Wildman–Crippen MR) is 94.6 cm³/mol. The summed E-state index contributed by atoms with van der Waals surface area (Å²) in [7, 11) is 0. The summed E-state index contributed by atoms with van der Waals surface area (Å²) in [6.45, 7) is 1.28. The Morgan fingerprint density at radius 1 is 1.26 bits per heavy atom. The molecule has 2 heterocycles. The third kappa shape index (κ3) is 2.80. The first-order valence-electron chi connectivity index (χ1n) is 6.57. The smallest absolute Gasteiger partial charge is 0.270 e. The van der Waals surface area contributed by atoms with Crippen molar-refractivity contribution in [2.24, 2.45) is 0 Å². The molecule has 116 valence electrons. The van der Waals surface area contributed by atoms with Gasteiger partial charge in [-0.15, -0.1) is 0 Å². The molecule has 0 unspecified atom stereocenters. The van der Waals surface area contributed by atoms with E-state index in [2.05, 4.69) is 20.9 Å². The van der Waals surface area contributed by atoms with Crippen LogP contribution in [0.4, 0.5) is 0 Å². The van der Waals surface area contributed by atoms with Gasteiger partial charge in [-0.25, -0.2) is 4.98 Å². The first-order valence-corrected chi connectivity index (χ1v) is 8.12. The van der Waals surface area contributed by atoms with Crippen molar-refractivity contribution in [3.05, 3.63) is 67.1 Å². The Labute approximate surface area is 149 Å². The first-order chi connectivity index (χ1) is 10.9. The van der Waals surface area contributed by atoms with E-state index in [9.17, 15) is 9.59 Å². The minimum Gasteiger partial charge on any atom is -0.294 e. The SMILES string of the molecule is CC(=O)c1c(Cl)nc2cc(-c3cccc(Br)c3Cl)ccn2c1=O. The maximum atomic E-state index is 12.3. The van der Waals surface area contributed by atoms with Crippen molar-refractivity contribution in [2.75, 3.05) is 0 Å². The predicted octanol–water partition coefficient (Wildman–Crippen LogP) is 4.63. The molecule has 0 fully saturated rings. The monoisotopic (exact) mass is 410 g/mol. The lowest BCUT2D eigenvalue weighted by Gasteiger charge is -2.09. The number of nitrogens with zero attached hydrogens (tertiary/aromatic N) is 2. The second-order valence-electron chi connectivity index (χ2n) is 4.88. The number of ketones is 1. The van der Waals surface area contributed by atoms with Crippen LogP contribution in [0.25, 0.3) is 16.8 Å². The molecule has 23 heavy (non-hydrogen) atoms. The molecule has 0 aliphatic heterocycles. The van der Waals surface area contributed by atoms with Crippen LogP contribution in [0, 0.1) is 0 Å². The molecule has 0 amide bonds. The lowest BCUT2D eigenvalue weighted by molar-refractivity contribution is 0.101. The summed E-state index contributed by atoms with van der Waals surface area (Å²) in [5.41, 5.74) is 1.33. The lowest BCUT2D eigenvalue weighted by atomic mass is 10.1. The van der Waals surface area contributed by atoms with E-state index in [1.54, 1.807) is 18.3 Å². The van der Waals surface area contributed by atoms with Crippen LogP contribution in [-0.2, 0) is 0 Å². The van der Waals surface area contributed by atoms with Crippen LogP contribution in [0.5, 0.6) is 0 Å². The number of aromatic nitrogens is 2. The number of benzene rings is 1. The number of carbonyl (C=O) groups excluding carboxylic acids is 1. The van der Waals surface area contributed by atoms with Crippen molar-refractivity contribution in [3.63, 3.8) is 0 Å². The molecule has 0 atom stereocenters. The maximum absolute atomic E-state index is 12.3. The number of pyridine rings is 1. The Kier molecular flexibility index (Phi) is 4.27. The van der Waals surface area contributed by atoms with Crippen molar-refractivity contribution < 1.29 is 4.79 Å². The molecule has 0 aliphatic carbocycles. The highest BCUT2D eigenvalue weighted by Gasteiger charge is 2.16. The standard InChI is InChI=1S/C16H9BrCl2N2O2/c1-8(22)13-15(19)20-12-7-9(5-6-21(12)16(13)23)10-3-2-4-11(17)14(10)18/h2-7H,1H3. The average molecular weight is 412 g/mol. The van der Waals surface area contributed by atoms with E-state index in [4.69, 9.17) is 23.2 Å². The lowest BCUT2D eigenvalue weighted by Crippen LogP contribution is -2.22. The number of carbonyl (C=O) groups is 1. The van der Waals surface area contributed by atoms with E-state index >= 15 is 0 Å². The normalized spacial score (nSPS) is 11.0. The quantitative estimate of drug-likeness (QED) is 0.456. The summed E-state index contributed by atoms with van der Waals surface area (Å²) in [6.07, 6.45) is 1.56. The average Bonchev–Trinajstić information content (AvgIpc) is 2.49. The van der Waals surface area contributed by atoms with Gasteiger partial charge in [0.1, 0.15) is 16.4 Å². The molecular formula is C16H9BrCl2N2O2. The topological polar surface area (TPSA) is 51.4 Å². The van der Waals surface area contributed by atoms with Crippen molar-refractivity contribution in [3.8, 4) is 11.1 Å². The van der Waals surface area contributed by atoms with Gasteiger partial charge >= 0.3 is 0 Å². The number of rotatable bonds is 2. The second-order valence-corrected chi connectivity index (χ2v) is 6.47. The molecule has 0 N–H and O–H groups in total. The van der Waals surface area contributed by atoms with Gasteiger partial charge in [-0.3, -0.25) is 14.0 Å². The van der Waals surface area contributed by atoms with Crippen LogP contribution < -0.4 is 5.56 Å². The Balaban J connectivity index is 2.29. The molecule has 0 spiro atoms. The fourth-order valence-corrected chi connectivity index (χ4v) is 3.20. The Bertz CT molecular complexity index is 1010. The first kappa shape index (κ1) is 16.2. The van der Waals surface area contributed by atoms with Gasteiger partial charge in [0.2, 0.25) is 0 Å². The number of hydrogen-bond donors (Lipinski definition) is 0. The molecule has 3 aromatic rings. The fraction of sp³-hybridized carbons (Fsp3) is 0.0625. The van der Waals surface area contributed by atoms with Gasteiger partial charge < -0.3 is 0 Å². The molecule has 0 aliphatic rings. The molecule has 0 bridgehead atoms. The van der Waals surface area contributed by atoms with Crippen LogP contribution in [0.1, 0.15) is 17.3 Å². The zero-order chi connectivity index (χ0) is 16.7. The van der Waals surface area contributed by atoms with Crippen molar-refractivity contribution in [1.29, 1.82) is 0 Å². The van der Waals surface area contributed by atoms with E-state index in [1.165, 1.54) is 11.3 Å². The van der Waals surface area contributed by atoms with E-state index in [-0.39, 0.29) is 10.7 Å². The van der Waals surface area contributed by atoms with Crippen molar-refractivity contribution in [2.45, 2.75) is 6.92 Å². The Morgan fingerprint density at radius 3 is 2.70 bits per heavy atom. The third-order valence-corrected chi connectivity index (χ3v) is 4.97.